The summed E-state index contributed by atoms with van der Waals surface area (Å²) in [6.07, 6.45) is 0. The van der Waals surface area contributed by atoms with Crippen LogP contribution < -0.4 is 5.32 Å². The van der Waals surface area contributed by atoms with Gasteiger partial charge in [-0.1, -0.05) is 30.3 Å². The van der Waals surface area contributed by atoms with E-state index in [0.717, 1.165) is 11.1 Å². The van der Waals surface area contributed by atoms with Crippen LogP contribution in [0.15, 0.2) is 42.5 Å². The molecule has 0 bridgehead atoms. The molecular weight excluding hydrogens is 225 g/mol. The Kier molecular flexibility index (Phi) is 3.78. The minimum atomic E-state index is -0.153. The van der Waals surface area contributed by atoms with Crippen LogP contribution in [0.3, 0.4) is 0 Å². The van der Waals surface area contributed by atoms with Gasteiger partial charge in [-0.3, -0.25) is 0 Å². The van der Waals surface area contributed by atoms with Crippen LogP contribution in [0, 0.1) is 12.7 Å². The number of rotatable bonds is 3. The molecule has 0 amide bonds. The molecule has 2 rings (SSSR count). The Hall–Kier alpha value is -1.67. The molecule has 0 aliphatic heterocycles. The van der Waals surface area contributed by atoms with Gasteiger partial charge in [0, 0.05) is 6.04 Å². The Morgan fingerprint density at radius 3 is 2.44 bits per heavy atom. The van der Waals surface area contributed by atoms with Gasteiger partial charge in [0.05, 0.1) is 0 Å². The van der Waals surface area contributed by atoms with Gasteiger partial charge in [0.1, 0.15) is 5.82 Å². The van der Waals surface area contributed by atoms with Gasteiger partial charge in [-0.2, -0.15) is 0 Å². The lowest BCUT2D eigenvalue weighted by molar-refractivity contribution is 0.619. The summed E-state index contributed by atoms with van der Waals surface area (Å²) in [5.74, 6) is -0.153. The van der Waals surface area contributed by atoms with Crippen molar-refractivity contribution in [3.8, 4) is 11.1 Å². The van der Waals surface area contributed by atoms with E-state index in [0.29, 0.717) is 11.6 Å². The van der Waals surface area contributed by atoms with Gasteiger partial charge in [0.25, 0.3) is 0 Å². The first-order valence-corrected chi connectivity index (χ1v) is 6.15. The Bertz CT molecular complexity index is 549. The molecule has 0 aromatic heterocycles. The van der Waals surface area contributed by atoms with E-state index in [-0.39, 0.29) is 5.82 Å². The Morgan fingerprint density at radius 2 is 1.78 bits per heavy atom. The average molecular weight is 243 g/mol. The summed E-state index contributed by atoms with van der Waals surface area (Å²) in [5.41, 5.74) is 3.85. The van der Waals surface area contributed by atoms with E-state index in [1.165, 1.54) is 5.56 Å². The molecule has 1 N–H and O–H groups in total. The van der Waals surface area contributed by atoms with Crippen molar-refractivity contribution in [2.24, 2.45) is 0 Å². The van der Waals surface area contributed by atoms with Crippen LogP contribution in [0.4, 0.5) is 4.39 Å². The zero-order valence-electron chi connectivity index (χ0n) is 11.0. The van der Waals surface area contributed by atoms with Crippen molar-refractivity contribution in [2.75, 3.05) is 7.05 Å². The van der Waals surface area contributed by atoms with E-state index >= 15 is 0 Å². The molecule has 18 heavy (non-hydrogen) atoms. The Labute approximate surface area is 108 Å². The highest BCUT2D eigenvalue weighted by atomic mass is 19.1. The third-order valence-electron chi connectivity index (χ3n) is 3.32. The average Bonchev–Trinajstić information content (AvgIpc) is 2.41. The normalized spacial score (nSPS) is 12.4. The molecule has 0 fully saturated rings. The lowest BCUT2D eigenvalue weighted by Gasteiger charge is -2.12. The third-order valence-corrected chi connectivity index (χ3v) is 3.32. The number of nitrogens with one attached hydrogen (secondary N) is 1. The summed E-state index contributed by atoms with van der Waals surface area (Å²) in [5, 5.41) is 3.21. The summed E-state index contributed by atoms with van der Waals surface area (Å²) < 4.78 is 13.6. The first-order valence-electron chi connectivity index (χ1n) is 6.15. The molecule has 0 saturated heterocycles. The number of hydrogen-bond acceptors (Lipinski definition) is 1. The number of aryl methyl sites for hydroxylation is 1. The first kappa shape index (κ1) is 12.8. The van der Waals surface area contributed by atoms with Crippen molar-refractivity contribution in [3.05, 3.63) is 59.4 Å². The predicted molar refractivity (Wildman–Crippen MR) is 74.0 cm³/mol. The van der Waals surface area contributed by atoms with Gasteiger partial charge in [-0.25, -0.2) is 4.39 Å². The molecular formula is C16H18FN. The molecule has 0 aliphatic carbocycles. The molecule has 0 aliphatic rings. The maximum absolute atomic E-state index is 13.6. The number of hydrogen-bond donors (Lipinski definition) is 1. The fraction of sp³-hybridized carbons (Fsp3) is 0.250. The lowest BCUT2D eigenvalue weighted by atomic mass is 9.99. The van der Waals surface area contributed by atoms with E-state index in [1.54, 1.807) is 13.0 Å². The van der Waals surface area contributed by atoms with E-state index in [9.17, 15) is 4.39 Å². The predicted octanol–water partition coefficient (Wildman–Crippen LogP) is 4.08. The summed E-state index contributed by atoms with van der Waals surface area (Å²) in [7, 11) is 1.93. The first-order chi connectivity index (χ1) is 8.61. The van der Waals surface area contributed by atoms with Gasteiger partial charge >= 0.3 is 0 Å². The topological polar surface area (TPSA) is 12.0 Å². The fourth-order valence-electron chi connectivity index (χ4n) is 1.93. The molecule has 94 valence electrons. The zero-order chi connectivity index (χ0) is 13.1. The van der Waals surface area contributed by atoms with E-state index in [2.05, 4.69) is 24.4 Å². The highest BCUT2D eigenvalue weighted by Crippen LogP contribution is 2.24. The van der Waals surface area contributed by atoms with Crippen LogP contribution in [-0.2, 0) is 0 Å². The molecule has 2 aromatic rings. The Balaban J connectivity index is 2.41. The molecule has 1 unspecified atom stereocenters. The second kappa shape index (κ2) is 5.32. The van der Waals surface area contributed by atoms with Crippen LogP contribution in [0.25, 0.3) is 11.1 Å². The molecule has 2 aromatic carbocycles. The summed E-state index contributed by atoms with van der Waals surface area (Å²) in [4.78, 5) is 0. The van der Waals surface area contributed by atoms with Crippen LogP contribution in [0.2, 0.25) is 0 Å². The summed E-state index contributed by atoms with van der Waals surface area (Å²) in [6, 6.07) is 13.9. The highest BCUT2D eigenvalue weighted by Gasteiger charge is 2.06. The van der Waals surface area contributed by atoms with Crippen molar-refractivity contribution in [2.45, 2.75) is 19.9 Å². The number of halogens is 1. The van der Waals surface area contributed by atoms with Gasteiger partial charge < -0.3 is 5.32 Å². The second-order valence-corrected chi connectivity index (χ2v) is 4.60. The van der Waals surface area contributed by atoms with Gasteiger partial charge in [-0.05, 0) is 55.3 Å². The van der Waals surface area contributed by atoms with Crippen molar-refractivity contribution < 1.29 is 4.39 Å². The molecule has 0 radical (unpaired) electrons. The molecule has 1 atom stereocenters. The maximum Gasteiger partial charge on any atom is 0.126 e. The third kappa shape index (κ3) is 2.59. The number of benzene rings is 2. The van der Waals surface area contributed by atoms with E-state index in [1.807, 2.05) is 31.3 Å². The van der Waals surface area contributed by atoms with Crippen molar-refractivity contribution in [1.82, 2.24) is 5.32 Å². The smallest absolute Gasteiger partial charge is 0.126 e. The summed E-state index contributed by atoms with van der Waals surface area (Å²) in [6.45, 7) is 3.88. The molecule has 0 saturated carbocycles. The van der Waals surface area contributed by atoms with Gasteiger partial charge in [-0.15, -0.1) is 0 Å². The van der Waals surface area contributed by atoms with E-state index < -0.39 is 0 Å². The maximum atomic E-state index is 13.6. The molecule has 0 spiro atoms. The van der Waals surface area contributed by atoms with Crippen molar-refractivity contribution >= 4 is 0 Å². The van der Waals surface area contributed by atoms with Crippen LogP contribution in [-0.4, -0.2) is 7.05 Å². The van der Waals surface area contributed by atoms with Crippen molar-refractivity contribution in [3.63, 3.8) is 0 Å². The molecule has 2 heteroatoms. The lowest BCUT2D eigenvalue weighted by Crippen LogP contribution is -2.12. The fourth-order valence-corrected chi connectivity index (χ4v) is 1.93. The quantitative estimate of drug-likeness (QED) is 0.856. The van der Waals surface area contributed by atoms with E-state index in [4.69, 9.17) is 0 Å². The molecule has 1 nitrogen and oxygen atoms in total. The monoisotopic (exact) mass is 243 g/mol. The van der Waals surface area contributed by atoms with Gasteiger partial charge in [0.2, 0.25) is 0 Å². The standard InChI is InChI=1S/C16H18FN/c1-11-7-8-15(10-16(11)17)14-6-4-5-13(9-14)12(2)18-3/h4-10,12,18H,1-3H3. The van der Waals surface area contributed by atoms with Crippen LogP contribution >= 0.6 is 0 Å². The second-order valence-electron chi connectivity index (χ2n) is 4.60. The Morgan fingerprint density at radius 1 is 1.06 bits per heavy atom. The minimum Gasteiger partial charge on any atom is -0.313 e. The zero-order valence-corrected chi connectivity index (χ0v) is 11.0. The SMILES string of the molecule is CNC(C)c1cccc(-c2ccc(C)c(F)c2)c1. The van der Waals surface area contributed by atoms with Crippen molar-refractivity contribution in [1.29, 1.82) is 0 Å². The summed E-state index contributed by atoms with van der Waals surface area (Å²) >= 11 is 0. The molecule has 0 heterocycles. The van der Waals surface area contributed by atoms with Gasteiger partial charge in [0.15, 0.2) is 0 Å². The van der Waals surface area contributed by atoms with Crippen LogP contribution in [0.5, 0.6) is 0 Å². The van der Waals surface area contributed by atoms with Crippen LogP contribution in [0.1, 0.15) is 24.1 Å². The largest absolute Gasteiger partial charge is 0.313 e. The minimum absolute atomic E-state index is 0.153. The highest BCUT2D eigenvalue weighted by molar-refractivity contribution is 5.64.